The van der Waals surface area contributed by atoms with Crippen LogP contribution in [0.5, 0.6) is 0 Å². The predicted octanol–water partition coefficient (Wildman–Crippen LogP) is 5.55. The van der Waals surface area contributed by atoms with Gasteiger partial charge in [-0.25, -0.2) is 23.4 Å². The highest BCUT2D eigenvalue weighted by Gasteiger charge is 2.35. The second-order valence-electron chi connectivity index (χ2n) is 11.0. The quantitative estimate of drug-likeness (QED) is 0.282. The van der Waals surface area contributed by atoms with E-state index in [1.807, 2.05) is 22.0 Å². The van der Waals surface area contributed by atoms with Crippen LogP contribution in [-0.2, 0) is 20.8 Å². The number of benzene rings is 1. The van der Waals surface area contributed by atoms with Crippen LogP contribution in [0.2, 0.25) is 0 Å². The van der Waals surface area contributed by atoms with Crippen LogP contribution in [0.3, 0.4) is 0 Å². The van der Waals surface area contributed by atoms with Gasteiger partial charge >= 0.3 is 6.18 Å². The van der Waals surface area contributed by atoms with Gasteiger partial charge in [0.15, 0.2) is 5.65 Å². The second kappa shape index (κ2) is 9.73. The van der Waals surface area contributed by atoms with Gasteiger partial charge in [0.05, 0.1) is 29.6 Å². The van der Waals surface area contributed by atoms with Gasteiger partial charge in [0.25, 0.3) is 0 Å². The van der Waals surface area contributed by atoms with Crippen molar-refractivity contribution < 1.29 is 26.3 Å². The first-order chi connectivity index (χ1) is 19.5. The van der Waals surface area contributed by atoms with Gasteiger partial charge in [-0.3, -0.25) is 4.68 Å². The third-order valence-electron chi connectivity index (χ3n) is 7.91. The van der Waals surface area contributed by atoms with Crippen molar-refractivity contribution in [1.82, 2.24) is 24.7 Å². The summed E-state index contributed by atoms with van der Waals surface area (Å²) >= 11 is 0.945. The number of alkyl halides is 3. The summed E-state index contributed by atoms with van der Waals surface area (Å²) < 4.78 is 74.2. The van der Waals surface area contributed by atoms with E-state index in [0.29, 0.717) is 66.0 Å². The van der Waals surface area contributed by atoms with Gasteiger partial charge in [0, 0.05) is 54.9 Å². The summed E-state index contributed by atoms with van der Waals surface area (Å²) in [4.78, 5) is 15.9. The number of sulfone groups is 1. The van der Waals surface area contributed by atoms with Gasteiger partial charge in [-0.15, -0.1) is 0 Å². The molecule has 2 atom stereocenters. The van der Waals surface area contributed by atoms with Gasteiger partial charge in [0.1, 0.15) is 10.5 Å². The fourth-order valence-electron chi connectivity index (χ4n) is 5.39. The standard InChI is InChI=1S/C27H27F3N6O3S2/c1-41(37,38)26-34-25-23(40-26)22(19-6-3-17(27(28,29)30)12-20(19)35-8-2-9-35)32-24(33-25)15-7-10-39-21(11-15)16-13-31-36(14-16)18-4-5-18/h3,6,12-15,18,21H,2,4-5,7-11H2,1H3. The Bertz CT molecular complexity index is 1740. The number of fused-ring (bicyclic) bond motifs is 1. The van der Waals surface area contributed by atoms with Crippen molar-refractivity contribution in [3.8, 4) is 11.3 Å². The zero-order chi connectivity index (χ0) is 28.5. The van der Waals surface area contributed by atoms with Gasteiger partial charge in [-0.1, -0.05) is 17.4 Å². The van der Waals surface area contributed by atoms with Gasteiger partial charge in [-0.05, 0) is 44.2 Å². The van der Waals surface area contributed by atoms with Crippen molar-refractivity contribution in [2.24, 2.45) is 0 Å². The molecule has 1 aromatic carbocycles. The topological polar surface area (TPSA) is 103 Å². The van der Waals surface area contributed by atoms with Gasteiger partial charge in [0.2, 0.25) is 14.2 Å². The maximum absolute atomic E-state index is 13.7. The number of aromatic nitrogens is 5. The van der Waals surface area contributed by atoms with Crippen molar-refractivity contribution in [3.05, 3.63) is 47.5 Å². The third kappa shape index (κ3) is 5.10. The Morgan fingerprint density at radius 2 is 1.90 bits per heavy atom. The summed E-state index contributed by atoms with van der Waals surface area (Å²) in [6.07, 6.45) is 4.60. The van der Waals surface area contributed by atoms with Crippen molar-refractivity contribution in [2.75, 3.05) is 30.9 Å². The third-order valence-corrected chi connectivity index (χ3v) is 10.6. The molecule has 2 unspecified atom stereocenters. The van der Waals surface area contributed by atoms with Crippen molar-refractivity contribution >= 4 is 37.2 Å². The lowest BCUT2D eigenvalue weighted by atomic mass is 9.92. The zero-order valence-corrected chi connectivity index (χ0v) is 23.8. The van der Waals surface area contributed by atoms with E-state index in [1.54, 1.807) is 0 Å². The van der Waals surface area contributed by atoms with Crippen LogP contribution in [0.15, 0.2) is 34.9 Å². The van der Waals surface area contributed by atoms with E-state index in [4.69, 9.17) is 14.7 Å². The van der Waals surface area contributed by atoms with E-state index in [-0.39, 0.29) is 22.0 Å². The fourth-order valence-corrected chi connectivity index (χ4v) is 7.24. The summed E-state index contributed by atoms with van der Waals surface area (Å²) in [5.74, 6) is 0.363. The molecule has 41 heavy (non-hydrogen) atoms. The Morgan fingerprint density at radius 1 is 1.10 bits per heavy atom. The molecule has 0 radical (unpaired) electrons. The van der Waals surface area contributed by atoms with E-state index in [9.17, 15) is 21.6 Å². The van der Waals surface area contributed by atoms with Crippen LogP contribution < -0.4 is 4.90 Å². The number of rotatable bonds is 6. The van der Waals surface area contributed by atoms with Gasteiger partial charge < -0.3 is 9.64 Å². The maximum atomic E-state index is 13.7. The van der Waals surface area contributed by atoms with Gasteiger partial charge in [-0.2, -0.15) is 18.3 Å². The number of halogens is 3. The Balaban J connectivity index is 1.33. The summed E-state index contributed by atoms with van der Waals surface area (Å²) in [5.41, 5.74) is 1.80. The molecule has 0 bridgehead atoms. The molecule has 2 aliphatic heterocycles. The van der Waals surface area contributed by atoms with Crippen LogP contribution >= 0.6 is 11.3 Å². The number of hydrogen-bond donors (Lipinski definition) is 0. The van der Waals surface area contributed by atoms with E-state index >= 15 is 0 Å². The van der Waals surface area contributed by atoms with E-state index in [1.165, 1.54) is 6.07 Å². The zero-order valence-electron chi connectivity index (χ0n) is 22.1. The first-order valence-electron chi connectivity index (χ1n) is 13.6. The molecule has 2 saturated heterocycles. The number of anilines is 1. The molecule has 4 aromatic rings. The molecule has 1 aliphatic carbocycles. The number of thiazole rings is 1. The largest absolute Gasteiger partial charge is 0.416 e. The van der Waals surface area contributed by atoms with Crippen molar-refractivity contribution in [2.45, 2.75) is 60.7 Å². The first kappa shape index (κ1) is 26.8. The Hall–Kier alpha value is -3.10. The molecule has 0 amide bonds. The lowest BCUT2D eigenvalue weighted by Gasteiger charge is -2.35. The summed E-state index contributed by atoms with van der Waals surface area (Å²) in [6, 6.07) is 4.09. The van der Waals surface area contributed by atoms with E-state index in [2.05, 4.69) is 10.1 Å². The van der Waals surface area contributed by atoms with Crippen molar-refractivity contribution in [3.63, 3.8) is 0 Å². The lowest BCUT2D eigenvalue weighted by molar-refractivity contribution is -0.137. The molecule has 216 valence electrons. The minimum Gasteiger partial charge on any atom is -0.373 e. The molecule has 0 N–H and O–H groups in total. The number of hydrogen-bond acceptors (Lipinski definition) is 9. The molecule has 0 spiro atoms. The van der Waals surface area contributed by atoms with Crippen LogP contribution in [-0.4, -0.2) is 59.1 Å². The minimum absolute atomic E-state index is 0.102. The average Bonchev–Trinajstić information content (AvgIpc) is 3.45. The fraction of sp³-hybridized carbons (Fsp3) is 0.481. The molecule has 14 heteroatoms. The maximum Gasteiger partial charge on any atom is 0.416 e. The predicted molar refractivity (Wildman–Crippen MR) is 147 cm³/mol. The van der Waals surface area contributed by atoms with Crippen LogP contribution in [0.4, 0.5) is 18.9 Å². The lowest BCUT2D eigenvalue weighted by Crippen LogP contribution is -2.37. The summed E-state index contributed by atoms with van der Waals surface area (Å²) in [7, 11) is -3.64. The monoisotopic (exact) mass is 604 g/mol. The molecule has 7 rings (SSSR count). The van der Waals surface area contributed by atoms with E-state index < -0.39 is 21.6 Å². The first-order valence-corrected chi connectivity index (χ1v) is 16.3. The number of ether oxygens (including phenoxy) is 1. The highest BCUT2D eigenvalue weighted by atomic mass is 32.2. The van der Waals surface area contributed by atoms with Crippen LogP contribution in [0.25, 0.3) is 21.6 Å². The normalized spacial score (nSPS) is 21.8. The van der Waals surface area contributed by atoms with E-state index in [0.717, 1.165) is 54.6 Å². The molecule has 3 fully saturated rings. The Kier molecular flexibility index (Phi) is 6.36. The Labute approximate surface area is 238 Å². The second-order valence-corrected chi connectivity index (χ2v) is 14.2. The molecular formula is C27H27F3N6O3S2. The average molecular weight is 605 g/mol. The highest BCUT2D eigenvalue weighted by Crippen LogP contribution is 2.44. The highest BCUT2D eigenvalue weighted by molar-refractivity contribution is 7.92. The molecule has 3 aromatic heterocycles. The number of nitrogens with zero attached hydrogens (tertiary/aromatic N) is 6. The SMILES string of the molecule is CS(=O)(=O)c1nc2nc(C3CCOC(c4cnn(C5CC5)c4)C3)nc(-c3ccc(C(F)(F)F)cc3N3CCC3)c2s1. The molecule has 1 saturated carbocycles. The van der Waals surface area contributed by atoms with Crippen LogP contribution in [0.1, 0.15) is 67.1 Å². The minimum atomic E-state index is -4.50. The summed E-state index contributed by atoms with van der Waals surface area (Å²) in [5, 5.41) is 4.49. The summed E-state index contributed by atoms with van der Waals surface area (Å²) in [6.45, 7) is 1.73. The molecule has 9 nitrogen and oxygen atoms in total. The Morgan fingerprint density at radius 3 is 2.59 bits per heavy atom. The molecule has 5 heterocycles. The smallest absolute Gasteiger partial charge is 0.373 e. The molecule has 3 aliphatic rings. The van der Waals surface area contributed by atoms with Crippen LogP contribution in [0, 0.1) is 0 Å². The van der Waals surface area contributed by atoms with Crippen molar-refractivity contribution in [1.29, 1.82) is 0 Å². The molecular weight excluding hydrogens is 577 g/mol.